The minimum absolute atomic E-state index is 0.349. The Morgan fingerprint density at radius 1 is 1.17 bits per heavy atom. The van der Waals surface area contributed by atoms with E-state index in [1.54, 1.807) is 11.7 Å². The smallest absolute Gasteiger partial charge is 0.215 e. The summed E-state index contributed by atoms with van der Waals surface area (Å²) in [6.45, 7) is 0. The number of hydrogen-bond donors (Lipinski definition) is 0. The summed E-state index contributed by atoms with van der Waals surface area (Å²) in [5.74, 6) is 0. The monoisotopic (exact) mass is 278 g/mol. The van der Waals surface area contributed by atoms with Gasteiger partial charge in [0.2, 0.25) is 5.16 Å². The Hall–Kier alpha value is -1.73. The van der Waals surface area contributed by atoms with E-state index in [-0.39, 0.29) is 0 Å². The van der Waals surface area contributed by atoms with Crippen molar-refractivity contribution in [1.82, 2.24) is 30.2 Å². The van der Waals surface area contributed by atoms with E-state index in [9.17, 15) is 0 Å². The first-order chi connectivity index (χ1) is 8.74. The molecular formula is C10H7ClN6S. The zero-order chi connectivity index (χ0) is 12.5. The van der Waals surface area contributed by atoms with Crippen molar-refractivity contribution in [1.29, 1.82) is 0 Å². The van der Waals surface area contributed by atoms with Crippen LogP contribution in [0.4, 0.5) is 0 Å². The summed E-state index contributed by atoms with van der Waals surface area (Å²) >= 11 is 7.38. The zero-order valence-electron chi connectivity index (χ0n) is 9.28. The quantitative estimate of drug-likeness (QED) is 0.714. The molecule has 3 rings (SSSR count). The molecule has 8 heteroatoms. The fourth-order valence-electron chi connectivity index (χ4n) is 1.42. The molecule has 0 aliphatic rings. The van der Waals surface area contributed by atoms with Gasteiger partial charge in [-0.25, -0.2) is 14.6 Å². The number of para-hydroxylation sites is 2. The molecule has 0 aliphatic carbocycles. The summed E-state index contributed by atoms with van der Waals surface area (Å²) in [4.78, 5) is 8.74. The van der Waals surface area contributed by atoms with E-state index in [2.05, 4.69) is 25.5 Å². The van der Waals surface area contributed by atoms with Gasteiger partial charge in [0.15, 0.2) is 5.15 Å². The highest BCUT2D eigenvalue weighted by Crippen LogP contribution is 2.29. The SMILES string of the molecule is Cn1nnnc1Sc1nc2ccccc2nc1Cl. The molecule has 0 saturated carbocycles. The normalized spacial score (nSPS) is 11.0. The second-order valence-electron chi connectivity index (χ2n) is 3.50. The maximum Gasteiger partial charge on any atom is 0.215 e. The third kappa shape index (κ3) is 2.02. The Balaban J connectivity index is 2.06. The number of tetrazole rings is 1. The first-order valence-corrected chi connectivity index (χ1v) is 6.26. The summed E-state index contributed by atoms with van der Waals surface area (Å²) < 4.78 is 1.55. The van der Waals surface area contributed by atoms with Crippen LogP contribution in [-0.4, -0.2) is 30.2 Å². The zero-order valence-corrected chi connectivity index (χ0v) is 10.9. The number of nitrogens with zero attached hydrogens (tertiary/aromatic N) is 6. The second kappa shape index (κ2) is 4.51. The van der Waals surface area contributed by atoms with Crippen molar-refractivity contribution in [3.63, 3.8) is 0 Å². The van der Waals surface area contributed by atoms with Crippen molar-refractivity contribution in [3.05, 3.63) is 29.4 Å². The van der Waals surface area contributed by atoms with E-state index in [1.807, 2.05) is 24.3 Å². The molecule has 0 spiro atoms. The van der Waals surface area contributed by atoms with Crippen LogP contribution < -0.4 is 0 Å². The van der Waals surface area contributed by atoms with Crippen LogP contribution in [0.25, 0.3) is 11.0 Å². The van der Waals surface area contributed by atoms with Gasteiger partial charge in [-0.15, -0.1) is 5.10 Å². The Labute approximate surface area is 111 Å². The molecule has 3 aromatic rings. The van der Waals surface area contributed by atoms with Gasteiger partial charge in [0, 0.05) is 7.05 Å². The molecule has 6 nitrogen and oxygen atoms in total. The molecule has 0 amide bonds. The third-order valence-corrected chi connectivity index (χ3v) is 3.65. The van der Waals surface area contributed by atoms with E-state index < -0.39 is 0 Å². The maximum absolute atomic E-state index is 6.10. The summed E-state index contributed by atoms with van der Waals surface area (Å²) in [7, 11) is 1.75. The van der Waals surface area contributed by atoms with Gasteiger partial charge in [-0.1, -0.05) is 23.7 Å². The van der Waals surface area contributed by atoms with Crippen LogP contribution in [0.15, 0.2) is 34.4 Å². The van der Waals surface area contributed by atoms with E-state index in [4.69, 9.17) is 11.6 Å². The molecule has 0 N–H and O–H groups in total. The van der Waals surface area contributed by atoms with Gasteiger partial charge in [0.25, 0.3) is 0 Å². The topological polar surface area (TPSA) is 69.4 Å². The first kappa shape index (κ1) is 11.4. The number of fused-ring (bicyclic) bond motifs is 1. The largest absolute Gasteiger partial charge is 0.236 e. The van der Waals surface area contributed by atoms with Gasteiger partial charge in [0.05, 0.1) is 11.0 Å². The molecule has 0 atom stereocenters. The van der Waals surface area contributed by atoms with Crippen LogP contribution in [-0.2, 0) is 7.05 Å². The number of rotatable bonds is 2. The Bertz CT molecular complexity index is 712. The molecule has 18 heavy (non-hydrogen) atoms. The molecule has 0 fully saturated rings. The lowest BCUT2D eigenvalue weighted by Crippen LogP contribution is -1.95. The summed E-state index contributed by atoms with van der Waals surface area (Å²) in [6, 6.07) is 7.56. The molecule has 0 radical (unpaired) electrons. The molecular weight excluding hydrogens is 272 g/mol. The van der Waals surface area contributed by atoms with Gasteiger partial charge < -0.3 is 0 Å². The minimum Gasteiger partial charge on any atom is -0.236 e. The van der Waals surface area contributed by atoms with E-state index in [0.29, 0.717) is 15.3 Å². The molecule has 0 aliphatic heterocycles. The lowest BCUT2D eigenvalue weighted by atomic mass is 10.3. The number of aryl methyl sites for hydroxylation is 1. The van der Waals surface area contributed by atoms with E-state index in [1.165, 1.54) is 11.8 Å². The maximum atomic E-state index is 6.10. The van der Waals surface area contributed by atoms with Crippen LogP contribution >= 0.6 is 23.4 Å². The summed E-state index contributed by atoms with van der Waals surface area (Å²) in [5, 5.41) is 12.7. The minimum atomic E-state index is 0.349. The fourth-order valence-corrected chi connectivity index (χ4v) is 2.36. The van der Waals surface area contributed by atoms with E-state index in [0.717, 1.165) is 11.0 Å². The van der Waals surface area contributed by atoms with Crippen molar-refractivity contribution in [3.8, 4) is 0 Å². The van der Waals surface area contributed by atoms with Crippen molar-refractivity contribution in [2.24, 2.45) is 7.05 Å². The standard InChI is InChI=1S/C10H7ClN6S/c1-17-10(14-15-16-17)18-9-8(11)12-6-4-2-3-5-7(6)13-9/h2-5H,1H3. The average Bonchev–Trinajstić information content (AvgIpc) is 2.76. The first-order valence-electron chi connectivity index (χ1n) is 5.06. The summed E-state index contributed by atoms with van der Waals surface area (Å²) in [5.41, 5.74) is 1.56. The van der Waals surface area contributed by atoms with Gasteiger partial charge >= 0.3 is 0 Å². The van der Waals surface area contributed by atoms with Crippen molar-refractivity contribution < 1.29 is 0 Å². The van der Waals surface area contributed by atoms with E-state index >= 15 is 0 Å². The third-order valence-electron chi connectivity index (χ3n) is 2.27. The highest BCUT2D eigenvalue weighted by molar-refractivity contribution is 7.99. The van der Waals surface area contributed by atoms with Crippen LogP contribution in [0.2, 0.25) is 5.15 Å². The highest BCUT2D eigenvalue weighted by Gasteiger charge is 2.12. The Morgan fingerprint density at radius 3 is 2.56 bits per heavy atom. The number of benzene rings is 1. The van der Waals surface area contributed by atoms with Crippen molar-refractivity contribution in [2.45, 2.75) is 10.2 Å². The molecule has 90 valence electrons. The molecule has 2 aromatic heterocycles. The summed E-state index contributed by atoms with van der Waals surface area (Å²) in [6.07, 6.45) is 0. The predicted octanol–water partition coefficient (Wildman–Crippen LogP) is 1.96. The molecule has 0 saturated heterocycles. The molecule has 2 heterocycles. The second-order valence-corrected chi connectivity index (χ2v) is 4.81. The van der Waals surface area contributed by atoms with Gasteiger partial charge in [-0.05, 0) is 34.3 Å². The molecule has 0 bridgehead atoms. The number of aromatic nitrogens is 6. The number of hydrogen-bond acceptors (Lipinski definition) is 6. The average molecular weight is 279 g/mol. The van der Waals surface area contributed by atoms with Crippen LogP contribution in [0.3, 0.4) is 0 Å². The Kier molecular flexibility index (Phi) is 2.85. The highest BCUT2D eigenvalue weighted by atomic mass is 35.5. The molecule has 0 unspecified atom stereocenters. The van der Waals surface area contributed by atoms with Crippen molar-refractivity contribution in [2.75, 3.05) is 0 Å². The van der Waals surface area contributed by atoms with Crippen molar-refractivity contribution >= 4 is 34.4 Å². The van der Waals surface area contributed by atoms with Gasteiger partial charge in [-0.3, -0.25) is 0 Å². The molecule has 1 aromatic carbocycles. The lowest BCUT2D eigenvalue weighted by Gasteiger charge is -2.03. The van der Waals surface area contributed by atoms with Crippen LogP contribution in [0.1, 0.15) is 0 Å². The number of halogens is 1. The Morgan fingerprint density at radius 2 is 1.89 bits per heavy atom. The lowest BCUT2D eigenvalue weighted by molar-refractivity contribution is 0.664. The van der Waals surface area contributed by atoms with Gasteiger partial charge in [0.1, 0.15) is 5.03 Å². The predicted molar refractivity (Wildman–Crippen MR) is 67.5 cm³/mol. The van der Waals surface area contributed by atoms with Crippen LogP contribution in [0, 0.1) is 0 Å². The van der Waals surface area contributed by atoms with Gasteiger partial charge in [-0.2, -0.15) is 0 Å². The van der Waals surface area contributed by atoms with Crippen LogP contribution in [0.5, 0.6) is 0 Å². The fraction of sp³-hybridized carbons (Fsp3) is 0.100.